The number of carbonyl (C=O) groups is 2. The third kappa shape index (κ3) is 9.93. The highest BCUT2D eigenvalue weighted by Crippen LogP contribution is 2.29. The summed E-state index contributed by atoms with van der Waals surface area (Å²) in [5.74, 6) is -0.0659. The highest BCUT2D eigenvalue weighted by molar-refractivity contribution is 6.30. The fraction of sp³-hybridized carbons (Fsp3) is 0.533. The van der Waals surface area contributed by atoms with Crippen LogP contribution >= 0.6 is 11.6 Å². The zero-order valence-electron chi connectivity index (χ0n) is 24.6. The molecule has 0 amide bonds. The predicted molar refractivity (Wildman–Crippen MR) is 157 cm³/mol. The van der Waals surface area contributed by atoms with Crippen LogP contribution in [0.25, 0.3) is 0 Å². The van der Waals surface area contributed by atoms with Gasteiger partial charge in [-0.3, -0.25) is 4.79 Å². The molecule has 0 aliphatic heterocycles. The first-order valence-corrected chi connectivity index (χ1v) is 14.1. The smallest absolute Gasteiger partial charge is 0.350 e. The number of halogens is 1. The van der Waals surface area contributed by atoms with Gasteiger partial charge < -0.3 is 50.5 Å². The number of aliphatic hydroxyl groups excluding tert-OH is 6. The van der Waals surface area contributed by atoms with E-state index in [2.05, 4.69) is 5.32 Å². The van der Waals surface area contributed by atoms with Crippen LogP contribution in [0.4, 0.5) is 0 Å². The fourth-order valence-corrected chi connectivity index (χ4v) is 4.41. The van der Waals surface area contributed by atoms with E-state index in [1.807, 2.05) is 0 Å². The molecule has 1 fully saturated rings. The summed E-state index contributed by atoms with van der Waals surface area (Å²) >= 11 is 5.84. The molecule has 0 heterocycles. The summed E-state index contributed by atoms with van der Waals surface area (Å²) < 4.78 is 10.9. The quantitative estimate of drug-likeness (QED) is 0.124. The molecule has 240 valence electrons. The number of ketones is 1. The molecular weight excluding hydrogens is 586 g/mol. The summed E-state index contributed by atoms with van der Waals surface area (Å²) in [4.78, 5) is 24.5. The predicted octanol–water partition coefficient (Wildman–Crippen LogP) is 0.188. The first-order chi connectivity index (χ1) is 20.1. The number of hydrogen-bond acceptors (Lipinski definition) is 12. The zero-order valence-corrected chi connectivity index (χ0v) is 25.3. The maximum Gasteiger partial charge on any atom is 0.350 e. The molecule has 43 heavy (non-hydrogen) atoms. The molecule has 3 rings (SSSR count). The van der Waals surface area contributed by atoms with Gasteiger partial charge in [0.15, 0.2) is 11.4 Å². The van der Waals surface area contributed by atoms with E-state index in [0.717, 1.165) is 0 Å². The van der Waals surface area contributed by atoms with Crippen LogP contribution in [0.15, 0.2) is 48.5 Å². The van der Waals surface area contributed by atoms with E-state index in [9.17, 15) is 30.0 Å². The van der Waals surface area contributed by atoms with Crippen LogP contribution in [0.1, 0.15) is 50.0 Å². The molecule has 13 heteroatoms. The van der Waals surface area contributed by atoms with Gasteiger partial charge in [-0.2, -0.15) is 0 Å². The van der Waals surface area contributed by atoms with Gasteiger partial charge in [-0.25, -0.2) is 4.79 Å². The Bertz CT molecular complexity index is 1170. The van der Waals surface area contributed by atoms with E-state index in [0.29, 0.717) is 21.9 Å². The van der Waals surface area contributed by atoms with Crippen LogP contribution in [0, 0.1) is 0 Å². The molecule has 0 aromatic heterocycles. The number of nitrogens with one attached hydrogen (secondary N) is 1. The van der Waals surface area contributed by atoms with Crippen molar-refractivity contribution in [2.75, 3.05) is 19.8 Å². The van der Waals surface area contributed by atoms with Crippen LogP contribution in [-0.2, 0) is 9.53 Å². The van der Waals surface area contributed by atoms with Crippen LogP contribution < -0.4 is 10.1 Å². The highest BCUT2D eigenvalue weighted by atomic mass is 35.5. The Morgan fingerprint density at radius 2 is 1.47 bits per heavy atom. The second-order valence-electron chi connectivity index (χ2n) is 11.2. The van der Waals surface area contributed by atoms with E-state index >= 15 is 0 Å². The molecule has 1 saturated carbocycles. The van der Waals surface area contributed by atoms with E-state index in [-0.39, 0.29) is 18.3 Å². The molecule has 2 aromatic carbocycles. The molecule has 1 aliphatic carbocycles. The monoisotopic (exact) mass is 627 g/mol. The van der Waals surface area contributed by atoms with Crippen LogP contribution in [0.2, 0.25) is 5.02 Å². The van der Waals surface area contributed by atoms with Crippen molar-refractivity contribution in [3.63, 3.8) is 0 Å². The second kappa shape index (κ2) is 15.9. The standard InChI is InChI=1S/C20H21ClO4.C10H21NO7/c1-13(2)24-19(23)20(3,4)25-17-11-7-15(8-12-17)18(22)14-5-9-16(21)10-6-14;12-2-5(3-13)11-6-1-10(18,4-14)9(17)8(16)7(6)15/h5-13H,1-4H3;5-9,11-18H,1-4H2/t;6-,7-,8+,9-,10-/m.0/s1. The van der Waals surface area contributed by atoms with Gasteiger partial charge >= 0.3 is 5.97 Å². The van der Waals surface area contributed by atoms with Crippen molar-refractivity contribution < 1.29 is 54.8 Å². The van der Waals surface area contributed by atoms with Crippen molar-refractivity contribution in [2.24, 2.45) is 0 Å². The molecule has 0 bridgehead atoms. The zero-order chi connectivity index (χ0) is 32.5. The van der Waals surface area contributed by atoms with Gasteiger partial charge in [0, 0.05) is 22.2 Å². The van der Waals surface area contributed by atoms with E-state index in [1.165, 1.54) is 0 Å². The lowest BCUT2D eigenvalue weighted by Gasteiger charge is -2.46. The summed E-state index contributed by atoms with van der Waals surface area (Å²) in [6.45, 7) is 5.29. The lowest BCUT2D eigenvalue weighted by Crippen LogP contribution is -2.68. The minimum atomic E-state index is -1.94. The first-order valence-electron chi connectivity index (χ1n) is 13.7. The van der Waals surface area contributed by atoms with Crippen LogP contribution in [0.3, 0.4) is 0 Å². The molecule has 0 saturated heterocycles. The maximum absolute atomic E-state index is 12.4. The Morgan fingerprint density at radius 1 is 0.953 bits per heavy atom. The van der Waals surface area contributed by atoms with E-state index in [1.54, 1.807) is 76.2 Å². The number of rotatable bonds is 11. The molecular formula is C30H42ClNO11. The average molecular weight is 628 g/mol. The Kier molecular flexibility index (Phi) is 13.5. The number of ether oxygens (including phenoxy) is 2. The van der Waals surface area contributed by atoms with E-state index in [4.69, 9.17) is 36.4 Å². The lowest BCUT2D eigenvalue weighted by molar-refractivity contribution is -0.207. The molecule has 0 spiro atoms. The van der Waals surface area contributed by atoms with Crippen molar-refractivity contribution in [1.82, 2.24) is 5.32 Å². The minimum Gasteiger partial charge on any atom is -0.476 e. The van der Waals surface area contributed by atoms with Crippen LogP contribution in [-0.4, -0.2) is 115 Å². The third-order valence-electron chi connectivity index (χ3n) is 6.80. The maximum atomic E-state index is 12.4. The lowest BCUT2D eigenvalue weighted by atomic mass is 9.76. The van der Waals surface area contributed by atoms with Crippen molar-refractivity contribution in [3.05, 3.63) is 64.7 Å². The first kappa shape index (κ1) is 36.5. The van der Waals surface area contributed by atoms with Crippen molar-refractivity contribution in [2.45, 2.75) is 81.8 Å². The van der Waals surface area contributed by atoms with Gasteiger partial charge in [-0.15, -0.1) is 0 Å². The van der Waals surface area contributed by atoms with Gasteiger partial charge in [0.25, 0.3) is 0 Å². The van der Waals surface area contributed by atoms with Gasteiger partial charge in [0.1, 0.15) is 23.6 Å². The van der Waals surface area contributed by atoms with Crippen molar-refractivity contribution >= 4 is 23.4 Å². The van der Waals surface area contributed by atoms with Gasteiger partial charge in [0.2, 0.25) is 0 Å². The summed E-state index contributed by atoms with van der Waals surface area (Å²) in [6.07, 6.45) is -5.12. The Labute approximate surface area is 255 Å². The summed E-state index contributed by atoms with van der Waals surface area (Å²) in [7, 11) is 0. The number of esters is 1. The molecule has 0 unspecified atom stereocenters. The molecule has 2 aromatic rings. The van der Waals surface area contributed by atoms with E-state index < -0.39 is 67.4 Å². The largest absolute Gasteiger partial charge is 0.476 e. The number of carbonyl (C=O) groups excluding carboxylic acids is 2. The third-order valence-corrected chi connectivity index (χ3v) is 7.06. The number of benzene rings is 2. The number of aliphatic hydroxyl groups is 7. The van der Waals surface area contributed by atoms with Crippen LogP contribution in [0.5, 0.6) is 5.75 Å². The summed E-state index contributed by atoms with van der Waals surface area (Å²) in [5, 5.41) is 69.0. The Hall–Kier alpha value is -2.65. The molecule has 5 atom stereocenters. The molecule has 8 N–H and O–H groups in total. The fourth-order valence-electron chi connectivity index (χ4n) is 4.28. The summed E-state index contributed by atoms with van der Waals surface area (Å²) in [5.41, 5.74) is -1.98. The Balaban J connectivity index is 0.000000317. The van der Waals surface area contributed by atoms with Gasteiger partial charge in [-0.1, -0.05) is 11.6 Å². The molecule has 1 aliphatic rings. The molecule has 0 radical (unpaired) electrons. The summed E-state index contributed by atoms with van der Waals surface area (Å²) in [6, 6.07) is 11.8. The van der Waals surface area contributed by atoms with Crippen molar-refractivity contribution in [1.29, 1.82) is 0 Å². The minimum absolute atomic E-state index is 0.110. The SMILES string of the molecule is CC(C)OC(=O)C(C)(C)Oc1ccc(C(=O)c2ccc(Cl)cc2)cc1.OCC(CO)N[C@H]1C[C@](O)(CO)[C@@H](O)[C@H](O)[C@H]1O. The molecule has 12 nitrogen and oxygen atoms in total. The Morgan fingerprint density at radius 3 is 1.93 bits per heavy atom. The van der Waals surface area contributed by atoms with Gasteiger partial charge in [-0.05, 0) is 82.6 Å². The topological polar surface area (TPSA) is 206 Å². The second-order valence-corrected chi connectivity index (χ2v) is 11.6. The highest BCUT2D eigenvalue weighted by Gasteiger charge is 2.51. The average Bonchev–Trinajstić information content (AvgIpc) is 2.97. The van der Waals surface area contributed by atoms with Gasteiger partial charge in [0.05, 0.1) is 38.1 Å². The van der Waals surface area contributed by atoms with Crippen molar-refractivity contribution in [3.8, 4) is 5.75 Å². The number of hydrogen-bond donors (Lipinski definition) is 8. The normalized spacial score (nSPS) is 23.9.